The summed E-state index contributed by atoms with van der Waals surface area (Å²) in [5.74, 6) is 0. The minimum absolute atomic E-state index is 0.0165. The van der Waals surface area contributed by atoms with Crippen LogP contribution in [-0.4, -0.2) is 75.4 Å². The van der Waals surface area contributed by atoms with Gasteiger partial charge in [-0.1, -0.05) is 6.07 Å². The van der Waals surface area contributed by atoms with Crippen molar-refractivity contribution in [2.45, 2.75) is 6.04 Å². The van der Waals surface area contributed by atoms with E-state index < -0.39 is 0 Å². The van der Waals surface area contributed by atoms with Crippen molar-refractivity contribution in [2.24, 2.45) is 0 Å². The summed E-state index contributed by atoms with van der Waals surface area (Å²) in [5.41, 5.74) is 1.98. The first-order valence-corrected chi connectivity index (χ1v) is 7.78. The number of likely N-dealkylation sites (N-methyl/N-ethyl adjacent to an activating group) is 1. The molecule has 3 rings (SSSR count). The van der Waals surface area contributed by atoms with E-state index in [1.54, 1.807) is 0 Å². The molecule has 1 aromatic carbocycles. The van der Waals surface area contributed by atoms with Crippen LogP contribution in [-0.2, 0) is 4.74 Å². The summed E-state index contributed by atoms with van der Waals surface area (Å²) in [7, 11) is 4.09. The Bertz CT molecular complexity index is 523. The molecule has 1 N–H and O–H groups in total. The van der Waals surface area contributed by atoms with Crippen LogP contribution in [0.2, 0.25) is 0 Å². The van der Waals surface area contributed by atoms with Crippen LogP contribution < -0.4 is 10.2 Å². The van der Waals surface area contributed by atoms with Gasteiger partial charge in [-0.15, -0.1) is 0 Å². The highest BCUT2D eigenvalue weighted by molar-refractivity contribution is 5.90. The largest absolute Gasteiger partial charge is 0.378 e. The van der Waals surface area contributed by atoms with Gasteiger partial charge in [0.25, 0.3) is 0 Å². The molecule has 2 aliphatic heterocycles. The Morgan fingerprint density at radius 1 is 1.27 bits per heavy atom. The standard InChI is InChI=1S/C16H24N4O2/c1-18(2)15-11-20(12-15)16(21)17-13-4-3-5-14(10-13)19-6-8-22-9-7-19/h3-5,10,15H,6-9,11-12H2,1-2H3,(H,17,21). The number of morpholine rings is 1. The molecule has 0 atom stereocenters. The molecule has 0 radical (unpaired) electrons. The van der Waals surface area contributed by atoms with Gasteiger partial charge in [0, 0.05) is 43.6 Å². The second kappa shape index (κ2) is 6.54. The van der Waals surface area contributed by atoms with Crippen LogP contribution in [0.15, 0.2) is 24.3 Å². The average Bonchev–Trinajstić information content (AvgIpc) is 2.46. The van der Waals surface area contributed by atoms with Crippen LogP contribution in [0, 0.1) is 0 Å². The van der Waals surface area contributed by atoms with Gasteiger partial charge in [-0.3, -0.25) is 0 Å². The zero-order valence-electron chi connectivity index (χ0n) is 13.3. The molecule has 2 heterocycles. The fourth-order valence-corrected chi connectivity index (χ4v) is 2.75. The van der Waals surface area contributed by atoms with E-state index >= 15 is 0 Å². The number of ether oxygens (including phenoxy) is 1. The van der Waals surface area contributed by atoms with E-state index in [1.807, 2.05) is 37.2 Å². The van der Waals surface area contributed by atoms with Gasteiger partial charge in [-0.25, -0.2) is 4.79 Å². The highest BCUT2D eigenvalue weighted by Crippen LogP contribution is 2.21. The Hall–Kier alpha value is -1.79. The van der Waals surface area contributed by atoms with E-state index in [1.165, 1.54) is 0 Å². The lowest BCUT2D eigenvalue weighted by atomic mass is 10.1. The van der Waals surface area contributed by atoms with Gasteiger partial charge in [0.1, 0.15) is 0 Å². The third-order valence-corrected chi connectivity index (χ3v) is 4.35. The summed E-state index contributed by atoms with van der Waals surface area (Å²) in [6.45, 7) is 4.90. The molecule has 0 aromatic heterocycles. The molecule has 22 heavy (non-hydrogen) atoms. The molecule has 6 heteroatoms. The van der Waals surface area contributed by atoms with Crippen molar-refractivity contribution in [2.75, 3.05) is 63.7 Å². The number of nitrogens with zero attached hydrogens (tertiary/aromatic N) is 3. The monoisotopic (exact) mass is 304 g/mol. The van der Waals surface area contributed by atoms with Crippen molar-refractivity contribution in [3.63, 3.8) is 0 Å². The quantitative estimate of drug-likeness (QED) is 0.914. The van der Waals surface area contributed by atoms with Crippen molar-refractivity contribution < 1.29 is 9.53 Å². The topological polar surface area (TPSA) is 48.0 Å². The number of benzene rings is 1. The second-order valence-corrected chi connectivity index (χ2v) is 6.10. The molecule has 0 unspecified atom stereocenters. The van der Waals surface area contributed by atoms with Gasteiger partial charge < -0.3 is 24.8 Å². The zero-order valence-corrected chi connectivity index (χ0v) is 13.3. The molecular weight excluding hydrogens is 280 g/mol. The SMILES string of the molecule is CN(C)C1CN(C(=O)Nc2cccc(N3CCOCC3)c2)C1. The number of carbonyl (C=O) groups is 1. The van der Waals surface area contributed by atoms with Crippen LogP contribution in [0.1, 0.15) is 0 Å². The van der Waals surface area contributed by atoms with Crippen molar-refractivity contribution >= 4 is 17.4 Å². The number of carbonyl (C=O) groups excluding carboxylic acids is 1. The van der Waals surface area contributed by atoms with Gasteiger partial charge in [-0.2, -0.15) is 0 Å². The number of rotatable bonds is 3. The second-order valence-electron chi connectivity index (χ2n) is 6.10. The van der Waals surface area contributed by atoms with Gasteiger partial charge in [0.2, 0.25) is 0 Å². The fraction of sp³-hybridized carbons (Fsp3) is 0.562. The molecule has 2 aliphatic rings. The molecule has 0 aliphatic carbocycles. The van der Waals surface area contributed by atoms with Gasteiger partial charge in [-0.05, 0) is 32.3 Å². The minimum atomic E-state index is -0.0165. The molecule has 6 nitrogen and oxygen atoms in total. The van der Waals surface area contributed by atoms with E-state index in [9.17, 15) is 4.79 Å². The molecule has 0 bridgehead atoms. The normalized spacial score (nSPS) is 19.2. The first-order valence-electron chi connectivity index (χ1n) is 7.78. The predicted octanol–water partition coefficient (Wildman–Crippen LogP) is 1.30. The summed E-state index contributed by atoms with van der Waals surface area (Å²) in [5, 5.41) is 2.99. The smallest absolute Gasteiger partial charge is 0.321 e. The van der Waals surface area contributed by atoms with E-state index in [4.69, 9.17) is 4.74 Å². The molecule has 0 spiro atoms. The Morgan fingerprint density at radius 2 is 2.00 bits per heavy atom. The Labute approximate surface area is 131 Å². The fourth-order valence-electron chi connectivity index (χ4n) is 2.75. The molecule has 120 valence electrons. The lowest BCUT2D eigenvalue weighted by Crippen LogP contribution is -2.60. The number of hydrogen-bond donors (Lipinski definition) is 1. The minimum Gasteiger partial charge on any atom is -0.378 e. The first kappa shape index (κ1) is 15.1. The van der Waals surface area contributed by atoms with Crippen LogP contribution in [0.4, 0.5) is 16.2 Å². The van der Waals surface area contributed by atoms with E-state index in [0.29, 0.717) is 6.04 Å². The maximum Gasteiger partial charge on any atom is 0.321 e. The lowest BCUT2D eigenvalue weighted by molar-refractivity contribution is 0.0942. The van der Waals surface area contributed by atoms with E-state index in [0.717, 1.165) is 50.8 Å². The first-order chi connectivity index (χ1) is 10.6. The van der Waals surface area contributed by atoms with E-state index in [-0.39, 0.29) is 6.03 Å². The number of nitrogens with one attached hydrogen (secondary N) is 1. The highest BCUT2D eigenvalue weighted by atomic mass is 16.5. The van der Waals surface area contributed by atoms with Crippen LogP contribution in [0.3, 0.4) is 0 Å². The van der Waals surface area contributed by atoms with Crippen molar-refractivity contribution in [3.05, 3.63) is 24.3 Å². The molecule has 0 saturated carbocycles. The van der Waals surface area contributed by atoms with E-state index in [2.05, 4.69) is 21.2 Å². The average molecular weight is 304 g/mol. The summed E-state index contributed by atoms with van der Waals surface area (Å²) in [4.78, 5) is 18.5. The molecule has 2 amide bonds. The summed E-state index contributed by atoms with van der Waals surface area (Å²) in [6.07, 6.45) is 0. The van der Waals surface area contributed by atoms with Crippen LogP contribution >= 0.6 is 0 Å². The van der Waals surface area contributed by atoms with Crippen LogP contribution in [0.5, 0.6) is 0 Å². The third kappa shape index (κ3) is 3.34. The zero-order chi connectivity index (χ0) is 15.5. The summed E-state index contributed by atoms with van der Waals surface area (Å²) < 4.78 is 5.38. The number of likely N-dealkylation sites (tertiary alicyclic amines) is 1. The highest BCUT2D eigenvalue weighted by Gasteiger charge is 2.31. The van der Waals surface area contributed by atoms with Crippen molar-refractivity contribution in [3.8, 4) is 0 Å². The van der Waals surface area contributed by atoms with Crippen molar-refractivity contribution in [1.29, 1.82) is 0 Å². The molecule has 2 saturated heterocycles. The van der Waals surface area contributed by atoms with Gasteiger partial charge in [0.05, 0.1) is 13.2 Å². The number of urea groups is 1. The number of hydrogen-bond acceptors (Lipinski definition) is 4. The third-order valence-electron chi connectivity index (χ3n) is 4.35. The molecular formula is C16H24N4O2. The predicted molar refractivity (Wildman–Crippen MR) is 87.5 cm³/mol. The molecule has 2 fully saturated rings. The summed E-state index contributed by atoms with van der Waals surface area (Å²) in [6, 6.07) is 8.49. The Morgan fingerprint density at radius 3 is 2.68 bits per heavy atom. The van der Waals surface area contributed by atoms with Crippen LogP contribution in [0.25, 0.3) is 0 Å². The van der Waals surface area contributed by atoms with Gasteiger partial charge in [0.15, 0.2) is 0 Å². The maximum atomic E-state index is 12.2. The van der Waals surface area contributed by atoms with Crippen molar-refractivity contribution in [1.82, 2.24) is 9.80 Å². The number of anilines is 2. The van der Waals surface area contributed by atoms with Gasteiger partial charge >= 0.3 is 6.03 Å². The number of amides is 2. The summed E-state index contributed by atoms with van der Waals surface area (Å²) >= 11 is 0. The Kier molecular flexibility index (Phi) is 4.49. The lowest BCUT2D eigenvalue weighted by Gasteiger charge is -2.42. The Balaban J connectivity index is 1.57. The molecule has 1 aromatic rings. The maximum absolute atomic E-state index is 12.2.